The van der Waals surface area contributed by atoms with E-state index in [4.69, 9.17) is 28.4 Å². The first kappa shape index (κ1) is 25.4. The molecule has 1 atom stereocenters. The molecule has 198 valence electrons. The standard InChI is InChI=1S/C27H26N2O8S/c1-6-35-26(31)22-14(2)28-27-29(23(22)16-7-8-17-18(12-16)37-13-36-17)25(30)21(38-27)11-15-9-19(32-3)24(34-5)20(10-15)33-4/h7-12,23H,6,13H2,1-5H3/b21-11-/t23-/m1/s1. The van der Waals surface area contributed by atoms with Crippen LogP contribution < -0.4 is 38.6 Å². The topological polar surface area (TPSA) is 107 Å². The van der Waals surface area contributed by atoms with Crippen LogP contribution in [-0.2, 0) is 9.53 Å². The van der Waals surface area contributed by atoms with E-state index in [-0.39, 0.29) is 24.5 Å². The van der Waals surface area contributed by atoms with Gasteiger partial charge in [-0.1, -0.05) is 17.4 Å². The summed E-state index contributed by atoms with van der Waals surface area (Å²) < 4.78 is 34.6. The maximum absolute atomic E-state index is 13.9. The lowest BCUT2D eigenvalue weighted by molar-refractivity contribution is -0.139. The Kier molecular flexibility index (Phi) is 6.85. The van der Waals surface area contributed by atoms with Crippen LogP contribution in [0.4, 0.5) is 0 Å². The molecule has 11 heteroatoms. The molecule has 0 amide bonds. The minimum atomic E-state index is -0.762. The lowest BCUT2D eigenvalue weighted by atomic mass is 9.95. The number of ether oxygens (including phenoxy) is 6. The number of hydrogen-bond acceptors (Lipinski definition) is 10. The van der Waals surface area contributed by atoms with Gasteiger partial charge in [0, 0.05) is 0 Å². The summed E-state index contributed by atoms with van der Waals surface area (Å²) in [4.78, 5) is 32.0. The van der Waals surface area contributed by atoms with Crippen LogP contribution in [0.15, 0.2) is 51.4 Å². The maximum Gasteiger partial charge on any atom is 0.338 e. The lowest BCUT2D eigenvalue weighted by Crippen LogP contribution is -2.39. The van der Waals surface area contributed by atoms with Crippen LogP contribution in [-0.4, -0.2) is 45.3 Å². The van der Waals surface area contributed by atoms with Gasteiger partial charge in [0.05, 0.1) is 49.8 Å². The zero-order chi connectivity index (χ0) is 27.0. The zero-order valence-electron chi connectivity index (χ0n) is 21.5. The van der Waals surface area contributed by atoms with Gasteiger partial charge in [-0.25, -0.2) is 9.79 Å². The number of hydrogen-bond donors (Lipinski definition) is 0. The fourth-order valence-corrected chi connectivity index (χ4v) is 5.57. The number of carbonyl (C=O) groups is 1. The summed E-state index contributed by atoms with van der Waals surface area (Å²) in [6.07, 6.45) is 1.73. The van der Waals surface area contributed by atoms with Crippen LogP contribution in [0.25, 0.3) is 6.08 Å². The van der Waals surface area contributed by atoms with Gasteiger partial charge in [0.1, 0.15) is 0 Å². The quantitative estimate of drug-likeness (QED) is 0.423. The highest BCUT2D eigenvalue weighted by Gasteiger charge is 2.34. The number of benzene rings is 2. The van der Waals surface area contributed by atoms with Gasteiger partial charge in [0.15, 0.2) is 27.8 Å². The van der Waals surface area contributed by atoms with Crippen LogP contribution in [0.1, 0.15) is 31.0 Å². The van der Waals surface area contributed by atoms with Crippen LogP contribution in [0.2, 0.25) is 0 Å². The summed E-state index contributed by atoms with van der Waals surface area (Å²) >= 11 is 1.22. The normalized spacial score (nSPS) is 16.1. The van der Waals surface area contributed by atoms with E-state index >= 15 is 0 Å². The van der Waals surface area contributed by atoms with Crippen LogP contribution in [0.5, 0.6) is 28.7 Å². The average Bonchev–Trinajstić information content (AvgIpc) is 3.50. The van der Waals surface area contributed by atoms with Crippen molar-refractivity contribution in [2.45, 2.75) is 19.9 Å². The monoisotopic (exact) mass is 538 g/mol. The molecular weight excluding hydrogens is 512 g/mol. The number of aromatic nitrogens is 1. The number of fused-ring (bicyclic) bond motifs is 2. The van der Waals surface area contributed by atoms with Crippen molar-refractivity contribution in [1.82, 2.24) is 4.57 Å². The maximum atomic E-state index is 13.9. The van der Waals surface area contributed by atoms with Crippen molar-refractivity contribution >= 4 is 23.4 Å². The highest BCUT2D eigenvalue weighted by molar-refractivity contribution is 7.07. The smallest absolute Gasteiger partial charge is 0.338 e. The molecule has 1 aromatic heterocycles. The number of allylic oxidation sites excluding steroid dienone is 1. The second kappa shape index (κ2) is 10.3. The molecule has 0 spiro atoms. The van der Waals surface area contributed by atoms with Gasteiger partial charge in [-0.15, -0.1) is 0 Å². The summed E-state index contributed by atoms with van der Waals surface area (Å²) in [5.41, 5.74) is 1.81. The molecule has 0 saturated heterocycles. The van der Waals surface area contributed by atoms with Crippen molar-refractivity contribution in [3.8, 4) is 28.7 Å². The summed E-state index contributed by atoms with van der Waals surface area (Å²) in [6, 6.07) is 8.10. The van der Waals surface area contributed by atoms with Crippen LogP contribution in [0.3, 0.4) is 0 Å². The molecule has 0 N–H and O–H groups in total. The molecule has 2 aliphatic rings. The van der Waals surface area contributed by atoms with E-state index in [0.29, 0.717) is 54.9 Å². The second-order valence-electron chi connectivity index (χ2n) is 8.37. The third-order valence-corrected chi connectivity index (χ3v) is 7.20. The predicted molar refractivity (Wildman–Crippen MR) is 139 cm³/mol. The first-order chi connectivity index (χ1) is 18.4. The van der Waals surface area contributed by atoms with Gasteiger partial charge in [-0.3, -0.25) is 9.36 Å². The Hall–Kier alpha value is -4.25. The van der Waals surface area contributed by atoms with E-state index in [1.165, 1.54) is 37.2 Å². The van der Waals surface area contributed by atoms with E-state index in [9.17, 15) is 9.59 Å². The molecule has 0 fully saturated rings. The Morgan fingerprint density at radius 1 is 1.11 bits per heavy atom. The number of esters is 1. The molecule has 3 heterocycles. The summed E-state index contributed by atoms with van der Waals surface area (Å²) in [7, 11) is 4.58. The van der Waals surface area contributed by atoms with Gasteiger partial charge in [-0.2, -0.15) is 0 Å². The Labute approximate surface area is 222 Å². The third kappa shape index (κ3) is 4.28. The molecule has 0 bridgehead atoms. The molecule has 2 aromatic carbocycles. The highest BCUT2D eigenvalue weighted by Crippen LogP contribution is 2.39. The van der Waals surface area contributed by atoms with E-state index in [2.05, 4.69) is 4.99 Å². The van der Waals surface area contributed by atoms with Gasteiger partial charge in [0.2, 0.25) is 12.5 Å². The summed E-state index contributed by atoms with van der Waals surface area (Å²) in [5.74, 6) is 1.98. The Bertz CT molecular complexity index is 1610. The predicted octanol–water partition coefficient (Wildman–Crippen LogP) is 2.55. The second-order valence-corrected chi connectivity index (χ2v) is 9.38. The van der Waals surface area contributed by atoms with E-state index < -0.39 is 12.0 Å². The molecule has 38 heavy (non-hydrogen) atoms. The number of thiazole rings is 1. The van der Waals surface area contributed by atoms with Crippen molar-refractivity contribution in [2.75, 3.05) is 34.7 Å². The minimum Gasteiger partial charge on any atom is -0.493 e. The molecule has 0 radical (unpaired) electrons. The van der Waals surface area contributed by atoms with E-state index in [0.717, 1.165) is 0 Å². The lowest BCUT2D eigenvalue weighted by Gasteiger charge is -2.24. The minimum absolute atomic E-state index is 0.107. The zero-order valence-corrected chi connectivity index (χ0v) is 22.3. The Morgan fingerprint density at radius 3 is 2.47 bits per heavy atom. The number of methoxy groups -OCH3 is 3. The summed E-state index contributed by atoms with van der Waals surface area (Å²) in [6.45, 7) is 3.77. The SMILES string of the molecule is CCOC(=O)C1=C(C)N=c2s/c(=C\c3cc(OC)c(OC)c(OC)c3)c(=O)n2[C@@H]1c1ccc2c(c1)OCO2. The number of carbonyl (C=O) groups excluding carboxylic acids is 1. The van der Waals surface area contributed by atoms with Crippen LogP contribution >= 0.6 is 11.3 Å². The van der Waals surface area contributed by atoms with Gasteiger partial charge >= 0.3 is 5.97 Å². The first-order valence-corrected chi connectivity index (χ1v) is 12.6. The van der Waals surface area contributed by atoms with Crippen molar-refractivity contribution in [3.63, 3.8) is 0 Å². The first-order valence-electron chi connectivity index (χ1n) is 11.8. The van der Waals surface area contributed by atoms with Crippen molar-refractivity contribution in [2.24, 2.45) is 4.99 Å². The van der Waals surface area contributed by atoms with Crippen molar-refractivity contribution < 1.29 is 33.2 Å². The Morgan fingerprint density at radius 2 is 1.82 bits per heavy atom. The fourth-order valence-electron chi connectivity index (χ4n) is 4.53. The Balaban J connectivity index is 1.71. The van der Waals surface area contributed by atoms with Gasteiger partial charge in [-0.05, 0) is 55.3 Å². The van der Waals surface area contributed by atoms with Gasteiger partial charge < -0.3 is 28.4 Å². The highest BCUT2D eigenvalue weighted by atomic mass is 32.1. The molecule has 0 aliphatic carbocycles. The molecular formula is C27H26N2O8S. The molecule has 5 rings (SSSR count). The molecule has 0 unspecified atom stereocenters. The third-order valence-electron chi connectivity index (χ3n) is 6.21. The number of nitrogens with zero attached hydrogens (tertiary/aromatic N) is 2. The van der Waals surface area contributed by atoms with Gasteiger partial charge in [0.25, 0.3) is 5.56 Å². The number of rotatable bonds is 7. The molecule has 2 aliphatic heterocycles. The van der Waals surface area contributed by atoms with Crippen molar-refractivity contribution in [3.05, 3.63) is 72.4 Å². The molecule has 0 saturated carbocycles. The van der Waals surface area contributed by atoms with E-state index in [1.807, 2.05) is 6.07 Å². The average molecular weight is 539 g/mol. The molecule has 10 nitrogen and oxygen atoms in total. The molecule has 3 aromatic rings. The summed E-state index contributed by atoms with van der Waals surface area (Å²) in [5, 5.41) is 0. The van der Waals surface area contributed by atoms with Crippen molar-refractivity contribution in [1.29, 1.82) is 0 Å². The largest absolute Gasteiger partial charge is 0.493 e. The van der Waals surface area contributed by atoms with Crippen LogP contribution in [0, 0.1) is 0 Å². The fraction of sp³-hybridized carbons (Fsp3) is 0.296. The van der Waals surface area contributed by atoms with E-state index in [1.54, 1.807) is 44.2 Å².